The zero-order chi connectivity index (χ0) is 28.4. The quantitative estimate of drug-likeness (QED) is 0.238. The van der Waals surface area contributed by atoms with Crippen molar-refractivity contribution in [3.8, 4) is 17.2 Å². The lowest BCUT2D eigenvalue weighted by molar-refractivity contribution is 0.160. The standard InChI is InChI=1S/C25H37NO7.2C2H6/c1-16(2)18(8-9-19(27)15-26-22-23(28)24(29)25(22)32-5)13-17-7-10-20(31-4)21(14-17)33-12-6-11-30-3;2*1-2/h7,10,14,16,18-19,26-27H,6,8-9,11-13,15H2,1-5H3;2*1-2H3. The molecular weight excluding hydrogens is 474 g/mol. The van der Waals surface area contributed by atoms with Crippen LogP contribution in [-0.4, -0.2) is 52.3 Å². The first-order chi connectivity index (χ1) is 17.8. The molecule has 0 radical (unpaired) electrons. The molecule has 0 aliphatic rings. The number of ether oxygens (including phenoxy) is 4. The third-order valence-corrected chi connectivity index (χ3v) is 5.87. The number of rotatable bonds is 16. The second-order valence-electron chi connectivity index (χ2n) is 8.57. The van der Waals surface area contributed by atoms with E-state index in [0.29, 0.717) is 37.2 Å². The van der Waals surface area contributed by atoms with Crippen molar-refractivity contribution in [3.05, 3.63) is 44.2 Å². The first-order valence-corrected chi connectivity index (χ1v) is 13.4. The first-order valence-electron chi connectivity index (χ1n) is 13.4. The summed E-state index contributed by atoms with van der Waals surface area (Å²) in [6.07, 6.45) is 2.40. The predicted octanol–water partition coefficient (Wildman–Crippen LogP) is 4.84. The number of hydrogen-bond acceptors (Lipinski definition) is 8. The number of methoxy groups -OCH3 is 3. The Morgan fingerprint density at radius 3 is 2.14 bits per heavy atom. The zero-order valence-corrected chi connectivity index (χ0v) is 24.3. The molecule has 0 saturated heterocycles. The summed E-state index contributed by atoms with van der Waals surface area (Å²) in [5.41, 5.74) is 0.0744. The normalized spacial score (nSPS) is 12.1. The minimum atomic E-state index is -0.643. The highest BCUT2D eigenvalue weighted by molar-refractivity contribution is 5.61. The van der Waals surface area contributed by atoms with E-state index in [1.54, 1.807) is 14.2 Å². The molecule has 2 aromatic carbocycles. The zero-order valence-electron chi connectivity index (χ0n) is 24.3. The van der Waals surface area contributed by atoms with Crippen LogP contribution in [0.3, 0.4) is 0 Å². The average Bonchev–Trinajstić information content (AvgIpc) is 2.92. The van der Waals surface area contributed by atoms with Crippen molar-refractivity contribution in [2.45, 2.75) is 73.3 Å². The highest BCUT2D eigenvalue weighted by Crippen LogP contribution is 2.31. The number of anilines is 1. The van der Waals surface area contributed by atoms with Crippen molar-refractivity contribution < 1.29 is 24.1 Å². The molecule has 0 aliphatic carbocycles. The fourth-order valence-electron chi connectivity index (χ4n) is 3.77. The van der Waals surface area contributed by atoms with E-state index >= 15 is 0 Å². The van der Waals surface area contributed by atoms with Crippen LogP contribution in [0.2, 0.25) is 0 Å². The van der Waals surface area contributed by atoms with Gasteiger partial charge in [-0.05, 0) is 48.8 Å². The molecule has 8 nitrogen and oxygen atoms in total. The summed E-state index contributed by atoms with van der Waals surface area (Å²) in [6, 6.07) is 6.00. The van der Waals surface area contributed by atoms with E-state index in [2.05, 4.69) is 19.2 Å². The molecule has 0 bridgehead atoms. The van der Waals surface area contributed by atoms with Crippen molar-refractivity contribution in [2.24, 2.45) is 11.8 Å². The second-order valence-corrected chi connectivity index (χ2v) is 8.57. The highest BCUT2D eigenvalue weighted by atomic mass is 16.5. The highest BCUT2D eigenvalue weighted by Gasteiger charge is 2.23. The Balaban J connectivity index is 0.00000308. The Kier molecular flexibility index (Phi) is 18.2. The summed E-state index contributed by atoms with van der Waals surface area (Å²) < 4.78 is 21.3. The minimum Gasteiger partial charge on any atom is -0.493 e. The van der Waals surface area contributed by atoms with Crippen LogP contribution in [0.4, 0.5) is 5.69 Å². The van der Waals surface area contributed by atoms with Crippen molar-refractivity contribution in [3.63, 3.8) is 0 Å². The Bertz CT molecular complexity index is 935. The Hall–Kier alpha value is -2.58. The van der Waals surface area contributed by atoms with Gasteiger partial charge in [0.1, 0.15) is 5.69 Å². The van der Waals surface area contributed by atoms with Gasteiger partial charge in [0.25, 0.3) is 10.9 Å². The minimum absolute atomic E-state index is 0.0343. The van der Waals surface area contributed by atoms with Gasteiger partial charge >= 0.3 is 0 Å². The molecule has 2 atom stereocenters. The lowest BCUT2D eigenvalue weighted by Crippen LogP contribution is -2.37. The first kappa shape index (κ1) is 34.4. The van der Waals surface area contributed by atoms with Gasteiger partial charge in [-0.15, -0.1) is 0 Å². The third kappa shape index (κ3) is 11.1. The van der Waals surface area contributed by atoms with Gasteiger partial charge in [-0.2, -0.15) is 0 Å². The number of benzene rings is 1. The van der Waals surface area contributed by atoms with Crippen molar-refractivity contribution in [1.82, 2.24) is 0 Å². The molecule has 0 fully saturated rings. The smallest absolute Gasteiger partial charge is 0.271 e. The molecule has 2 rings (SSSR count). The van der Waals surface area contributed by atoms with Gasteiger partial charge in [-0.25, -0.2) is 0 Å². The van der Waals surface area contributed by atoms with Crippen LogP contribution >= 0.6 is 0 Å². The largest absolute Gasteiger partial charge is 0.493 e. The summed E-state index contributed by atoms with van der Waals surface area (Å²) in [5, 5.41) is 13.3. The van der Waals surface area contributed by atoms with Crippen LogP contribution in [0.15, 0.2) is 27.8 Å². The molecule has 2 unspecified atom stereocenters. The van der Waals surface area contributed by atoms with Crippen LogP contribution in [0, 0.1) is 11.8 Å². The average molecular weight is 524 g/mol. The van der Waals surface area contributed by atoms with Gasteiger partial charge in [0.2, 0.25) is 0 Å². The molecule has 37 heavy (non-hydrogen) atoms. The molecule has 0 amide bonds. The van der Waals surface area contributed by atoms with Crippen LogP contribution in [0.5, 0.6) is 17.2 Å². The van der Waals surface area contributed by atoms with E-state index < -0.39 is 17.0 Å². The van der Waals surface area contributed by atoms with E-state index in [1.165, 1.54) is 7.11 Å². The Morgan fingerprint density at radius 1 is 0.892 bits per heavy atom. The monoisotopic (exact) mass is 523 g/mol. The maximum Gasteiger partial charge on any atom is 0.271 e. The van der Waals surface area contributed by atoms with Crippen molar-refractivity contribution in [1.29, 1.82) is 0 Å². The summed E-state index contributed by atoms with van der Waals surface area (Å²) in [5.74, 6) is 2.24. The SMILES string of the molecule is CC.CC.COCCCOc1cc(CC(CCC(O)CNc2c(OC)c(=O)c2=O)C(C)C)ccc1OC. The van der Waals surface area contributed by atoms with E-state index in [-0.39, 0.29) is 18.0 Å². The number of nitrogens with one attached hydrogen (secondary N) is 1. The second kappa shape index (κ2) is 19.5. The molecule has 212 valence electrons. The van der Waals surface area contributed by atoms with Gasteiger partial charge in [0.15, 0.2) is 17.2 Å². The molecule has 0 heterocycles. The van der Waals surface area contributed by atoms with Crippen LogP contribution in [0.1, 0.15) is 66.4 Å². The van der Waals surface area contributed by atoms with E-state index in [4.69, 9.17) is 18.9 Å². The van der Waals surface area contributed by atoms with Crippen LogP contribution in [0.25, 0.3) is 0 Å². The van der Waals surface area contributed by atoms with Gasteiger partial charge in [0, 0.05) is 26.7 Å². The molecule has 0 aromatic heterocycles. The topological polar surface area (TPSA) is 103 Å². The molecule has 8 heteroatoms. The van der Waals surface area contributed by atoms with Crippen LogP contribution in [-0.2, 0) is 11.2 Å². The van der Waals surface area contributed by atoms with Gasteiger partial charge in [-0.3, -0.25) is 9.59 Å². The predicted molar refractivity (Wildman–Crippen MR) is 151 cm³/mol. The molecule has 0 spiro atoms. The maximum absolute atomic E-state index is 11.6. The number of aliphatic hydroxyl groups is 1. The third-order valence-electron chi connectivity index (χ3n) is 5.87. The molecule has 0 saturated carbocycles. The van der Waals surface area contributed by atoms with Crippen molar-refractivity contribution in [2.75, 3.05) is 46.4 Å². The summed E-state index contributed by atoms with van der Waals surface area (Å²) >= 11 is 0. The van der Waals surface area contributed by atoms with Gasteiger partial charge in [0.05, 0.1) is 26.9 Å². The number of aliphatic hydroxyl groups excluding tert-OH is 1. The molecule has 2 aromatic rings. The molecular formula is C29H49NO7. The lowest BCUT2D eigenvalue weighted by Gasteiger charge is -2.23. The molecule has 2 N–H and O–H groups in total. The Labute approximate surface area is 223 Å². The van der Waals surface area contributed by atoms with Crippen LogP contribution < -0.4 is 30.4 Å². The fraction of sp³-hybridized carbons (Fsp3) is 0.655. The summed E-state index contributed by atoms with van der Waals surface area (Å²) in [6.45, 7) is 13.7. The molecule has 0 aliphatic heterocycles. The Morgan fingerprint density at radius 2 is 1.57 bits per heavy atom. The van der Waals surface area contributed by atoms with Crippen molar-refractivity contribution >= 4 is 5.69 Å². The summed E-state index contributed by atoms with van der Waals surface area (Å²) in [4.78, 5) is 23.0. The van der Waals surface area contributed by atoms with E-state index in [1.807, 2.05) is 45.9 Å². The lowest BCUT2D eigenvalue weighted by atomic mass is 9.85. The van der Waals surface area contributed by atoms with E-state index in [0.717, 1.165) is 30.6 Å². The summed E-state index contributed by atoms with van der Waals surface area (Å²) in [7, 11) is 4.64. The van der Waals surface area contributed by atoms with E-state index in [9.17, 15) is 14.7 Å². The van der Waals surface area contributed by atoms with Gasteiger partial charge in [-0.1, -0.05) is 47.6 Å². The maximum atomic E-state index is 11.6. The van der Waals surface area contributed by atoms with Gasteiger partial charge < -0.3 is 29.4 Å². The number of hydrogen-bond donors (Lipinski definition) is 2. The fourth-order valence-corrected chi connectivity index (χ4v) is 3.77.